The zero-order valence-electron chi connectivity index (χ0n) is 7.97. The Hall–Kier alpha value is -0.0400. The van der Waals surface area contributed by atoms with Crippen molar-refractivity contribution in [2.24, 2.45) is 5.92 Å². The van der Waals surface area contributed by atoms with Gasteiger partial charge in [0.2, 0.25) is 0 Å². The summed E-state index contributed by atoms with van der Waals surface area (Å²) >= 11 is 0. The molecule has 0 bridgehead atoms. The SMILES string of the molecule is CCCC1OC(CC)CC1C. The van der Waals surface area contributed by atoms with E-state index in [0.717, 1.165) is 5.92 Å². The highest BCUT2D eigenvalue weighted by atomic mass is 16.5. The van der Waals surface area contributed by atoms with Crippen LogP contribution in [0.1, 0.15) is 46.5 Å². The molecule has 11 heavy (non-hydrogen) atoms. The molecule has 3 unspecified atom stereocenters. The van der Waals surface area contributed by atoms with Crippen LogP contribution >= 0.6 is 0 Å². The fourth-order valence-corrected chi connectivity index (χ4v) is 1.90. The highest BCUT2D eigenvalue weighted by Crippen LogP contribution is 2.30. The van der Waals surface area contributed by atoms with Crippen molar-refractivity contribution in [3.05, 3.63) is 0 Å². The first-order valence-electron chi connectivity index (χ1n) is 4.93. The van der Waals surface area contributed by atoms with E-state index in [1.807, 2.05) is 0 Å². The number of ether oxygens (including phenoxy) is 1. The summed E-state index contributed by atoms with van der Waals surface area (Å²) in [5.74, 6) is 0.792. The van der Waals surface area contributed by atoms with Crippen LogP contribution in [0.5, 0.6) is 0 Å². The molecular formula is C10H20O. The lowest BCUT2D eigenvalue weighted by Crippen LogP contribution is -2.13. The molecule has 1 nitrogen and oxygen atoms in total. The standard InChI is InChI=1S/C10H20O/c1-4-6-10-8(3)7-9(5-2)11-10/h8-10H,4-7H2,1-3H3. The summed E-state index contributed by atoms with van der Waals surface area (Å²) in [5, 5.41) is 0. The molecule has 1 heterocycles. The van der Waals surface area contributed by atoms with Crippen molar-refractivity contribution >= 4 is 0 Å². The molecule has 0 radical (unpaired) electrons. The van der Waals surface area contributed by atoms with Gasteiger partial charge in [-0.2, -0.15) is 0 Å². The second-order valence-electron chi connectivity index (χ2n) is 3.71. The predicted molar refractivity (Wildman–Crippen MR) is 47.6 cm³/mol. The molecule has 0 saturated carbocycles. The average Bonchev–Trinajstić information content (AvgIpc) is 2.33. The van der Waals surface area contributed by atoms with Gasteiger partial charge in [-0.25, -0.2) is 0 Å². The van der Waals surface area contributed by atoms with Crippen LogP contribution in [0.2, 0.25) is 0 Å². The normalized spacial score (nSPS) is 37.9. The van der Waals surface area contributed by atoms with Gasteiger partial charge in [-0.15, -0.1) is 0 Å². The van der Waals surface area contributed by atoms with Crippen molar-refractivity contribution in [2.75, 3.05) is 0 Å². The predicted octanol–water partition coefficient (Wildman–Crippen LogP) is 2.99. The molecule has 0 amide bonds. The van der Waals surface area contributed by atoms with Gasteiger partial charge in [0.05, 0.1) is 12.2 Å². The second kappa shape index (κ2) is 4.10. The van der Waals surface area contributed by atoms with Gasteiger partial charge >= 0.3 is 0 Å². The molecule has 0 aromatic rings. The van der Waals surface area contributed by atoms with E-state index in [-0.39, 0.29) is 0 Å². The number of hydrogen-bond donors (Lipinski definition) is 0. The van der Waals surface area contributed by atoms with Crippen molar-refractivity contribution in [3.8, 4) is 0 Å². The maximum absolute atomic E-state index is 5.86. The quantitative estimate of drug-likeness (QED) is 0.610. The van der Waals surface area contributed by atoms with Crippen LogP contribution in [0.25, 0.3) is 0 Å². The van der Waals surface area contributed by atoms with Gasteiger partial charge in [-0.05, 0) is 25.2 Å². The fraction of sp³-hybridized carbons (Fsp3) is 1.00. The lowest BCUT2D eigenvalue weighted by Gasteiger charge is -2.13. The molecule has 1 saturated heterocycles. The first-order valence-corrected chi connectivity index (χ1v) is 4.93. The Morgan fingerprint density at radius 1 is 1.36 bits per heavy atom. The molecule has 1 aliphatic rings. The van der Waals surface area contributed by atoms with E-state index in [4.69, 9.17) is 4.74 Å². The van der Waals surface area contributed by atoms with E-state index in [9.17, 15) is 0 Å². The van der Waals surface area contributed by atoms with Crippen LogP contribution in [0.4, 0.5) is 0 Å². The molecule has 0 aromatic carbocycles. The lowest BCUT2D eigenvalue weighted by atomic mass is 9.98. The monoisotopic (exact) mass is 156 g/mol. The van der Waals surface area contributed by atoms with Gasteiger partial charge in [-0.3, -0.25) is 0 Å². The van der Waals surface area contributed by atoms with E-state index in [1.165, 1.54) is 25.7 Å². The summed E-state index contributed by atoms with van der Waals surface area (Å²) in [4.78, 5) is 0. The third kappa shape index (κ3) is 2.19. The number of rotatable bonds is 3. The lowest BCUT2D eigenvalue weighted by molar-refractivity contribution is 0.0294. The summed E-state index contributed by atoms with van der Waals surface area (Å²) < 4.78 is 5.86. The van der Waals surface area contributed by atoms with Crippen molar-refractivity contribution in [3.63, 3.8) is 0 Å². The third-order valence-electron chi connectivity index (χ3n) is 2.67. The van der Waals surface area contributed by atoms with Gasteiger partial charge in [0, 0.05) is 0 Å². The van der Waals surface area contributed by atoms with Crippen molar-refractivity contribution < 1.29 is 4.74 Å². The molecule has 0 N–H and O–H groups in total. The molecule has 1 rings (SSSR count). The van der Waals surface area contributed by atoms with E-state index < -0.39 is 0 Å². The summed E-state index contributed by atoms with van der Waals surface area (Å²) in [6, 6.07) is 0. The van der Waals surface area contributed by atoms with Crippen LogP contribution in [0.3, 0.4) is 0 Å². The van der Waals surface area contributed by atoms with E-state index in [2.05, 4.69) is 20.8 Å². The zero-order valence-corrected chi connectivity index (χ0v) is 7.97. The summed E-state index contributed by atoms with van der Waals surface area (Å²) in [5.41, 5.74) is 0. The number of hydrogen-bond acceptors (Lipinski definition) is 1. The van der Waals surface area contributed by atoms with E-state index in [0.29, 0.717) is 12.2 Å². The van der Waals surface area contributed by atoms with Crippen LogP contribution < -0.4 is 0 Å². The maximum atomic E-state index is 5.86. The van der Waals surface area contributed by atoms with E-state index in [1.54, 1.807) is 0 Å². The Balaban J connectivity index is 2.32. The molecule has 1 fully saturated rings. The first-order chi connectivity index (χ1) is 5.27. The van der Waals surface area contributed by atoms with Crippen LogP contribution in [-0.4, -0.2) is 12.2 Å². The van der Waals surface area contributed by atoms with Gasteiger partial charge in [0.1, 0.15) is 0 Å². The van der Waals surface area contributed by atoms with Crippen LogP contribution in [0.15, 0.2) is 0 Å². The smallest absolute Gasteiger partial charge is 0.0605 e. The molecule has 1 heteroatoms. The molecule has 0 aromatic heterocycles. The van der Waals surface area contributed by atoms with Gasteiger partial charge < -0.3 is 4.74 Å². The Kier molecular flexibility index (Phi) is 3.38. The molecule has 0 aliphatic carbocycles. The molecule has 1 aliphatic heterocycles. The second-order valence-corrected chi connectivity index (χ2v) is 3.71. The minimum Gasteiger partial charge on any atom is -0.375 e. The third-order valence-corrected chi connectivity index (χ3v) is 2.67. The minimum absolute atomic E-state index is 0.557. The van der Waals surface area contributed by atoms with Gasteiger partial charge in [0.25, 0.3) is 0 Å². The Labute approximate surface area is 70.1 Å². The summed E-state index contributed by atoms with van der Waals surface area (Å²) in [7, 11) is 0. The van der Waals surface area contributed by atoms with Crippen molar-refractivity contribution in [1.29, 1.82) is 0 Å². The molecular weight excluding hydrogens is 136 g/mol. The minimum atomic E-state index is 0.557. The maximum Gasteiger partial charge on any atom is 0.0605 e. The van der Waals surface area contributed by atoms with Crippen molar-refractivity contribution in [1.82, 2.24) is 0 Å². The van der Waals surface area contributed by atoms with Crippen LogP contribution in [-0.2, 0) is 4.74 Å². The Morgan fingerprint density at radius 2 is 2.09 bits per heavy atom. The summed E-state index contributed by atoms with van der Waals surface area (Å²) in [6.45, 7) is 6.76. The van der Waals surface area contributed by atoms with E-state index >= 15 is 0 Å². The average molecular weight is 156 g/mol. The van der Waals surface area contributed by atoms with Crippen LogP contribution in [0, 0.1) is 5.92 Å². The summed E-state index contributed by atoms with van der Waals surface area (Å²) in [6.07, 6.45) is 6.08. The molecule has 0 spiro atoms. The van der Waals surface area contributed by atoms with Gasteiger partial charge in [-0.1, -0.05) is 27.2 Å². The largest absolute Gasteiger partial charge is 0.375 e. The topological polar surface area (TPSA) is 9.23 Å². The Morgan fingerprint density at radius 3 is 2.55 bits per heavy atom. The first kappa shape index (κ1) is 9.05. The highest BCUT2D eigenvalue weighted by molar-refractivity contribution is 4.78. The van der Waals surface area contributed by atoms with Gasteiger partial charge in [0.15, 0.2) is 0 Å². The Bertz CT molecular complexity index is 111. The van der Waals surface area contributed by atoms with Crippen molar-refractivity contribution in [2.45, 2.75) is 58.7 Å². The highest BCUT2D eigenvalue weighted by Gasteiger charge is 2.29. The zero-order chi connectivity index (χ0) is 8.27. The fourth-order valence-electron chi connectivity index (χ4n) is 1.90. The molecule has 66 valence electrons. The molecule has 3 atom stereocenters.